The lowest BCUT2D eigenvalue weighted by Crippen LogP contribution is -2.62. The molecule has 0 N–H and O–H groups in total. The molecule has 41 heavy (non-hydrogen) atoms. The molecule has 8 rings (SSSR count). The predicted octanol–water partition coefficient (Wildman–Crippen LogP) is 3.42. The van der Waals surface area contributed by atoms with Gasteiger partial charge in [0.05, 0.1) is 0 Å². The first-order valence-electron chi connectivity index (χ1n) is 16.8. The van der Waals surface area contributed by atoms with Crippen LogP contribution in [0.4, 0.5) is 0 Å². The van der Waals surface area contributed by atoms with Gasteiger partial charge in [0.15, 0.2) is 0 Å². The van der Waals surface area contributed by atoms with Crippen molar-refractivity contribution >= 4 is 54.1 Å². The van der Waals surface area contributed by atoms with Crippen LogP contribution in [-0.4, -0.2) is 93.6 Å². The molecule has 0 saturated carbocycles. The van der Waals surface area contributed by atoms with E-state index in [1.807, 2.05) is 0 Å². The Morgan fingerprint density at radius 2 is 1.05 bits per heavy atom. The standard InChI is InChI=1S/C34H46B2N4Si/c1-41(2)32-13-11-12-30-31(36(39-22-7-8-23-39)40-24-9-10-25-40)17-16-29(34(30)32)28-15-14-27(26-33(28)41)35(37-18-3-4-19-37)38-20-5-6-21-38/h11-17,26H,3-10,18-25H2,1-2H3. The minimum Gasteiger partial charge on any atom is -0.324 e. The van der Waals surface area contributed by atoms with Crippen molar-refractivity contribution in [3.63, 3.8) is 0 Å². The first kappa shape index (κ1) is 26.7. The third kappa shape index (κ3) is 4.41. The van der Waals surface area contributed by atoms with E-state index in [4.69, 9.17) is 0 Å². The Morgan fingerprint density at radius 3 is 1.61 bits per heavy atom. The van der Waals surface area contributed by atoms with Gasteiger partial charge in [0.2, 0.25) is 0 Å². The van der Waals surface area contributed by atoms with Gasteiger partial charge < -0.3 is 19.2 Å². The summed E-state index contributed by atoms with van der Waals surface area (Å²) in [5.41, 5.74) is 6.10. The third-order valence-electron chi connectivity index (χ3n) is 11.3. The normalized spacial score (nSPS) is 23.1. The fourth-order valence-electron chi connectivity index (χ4n) is 9.24. The predicted molar refractivity (Wildman–Crippen MR) is 180 cm³/mol. The molecule has 4 nitrogen and oxygen atoms in total. The minimum atomic E-state index is -1.90. The molecule has 4 fully saturated rings. The molecule has 0 radical (unpaired) electrons. The van der Waals surface area contributed by atoms with Gasteiger partial charge in [-0.1, -0.05) is 61.6 Å². The van der Waals surface area contributed by atoms with Gasteiger partial charge in [-0.25, -0.2) is 0 Å². The van der Waals surface area contributed by atoms with Crippen molar-refractivity contribution in [2.24, 2.45) is 0 Å². The second kappa shape index (κ2) is 10.7. The molecule has 7 heteroatoms. The van der Waals surface area contributed by atoms with Crippen LogP contribution in [0.2, 0.25) is 13.1 Å². The molecular formula is C34H46B2N4Si. The van der Waals surface area contributed by atoms with Gasteiger partial charge in [-0.3, -0.25) is 0 Å². The molecule has 3 aromatic carbocycles. The summed E-state index contributed by atoms with van der Waals surface area (Å²) in [6.07, 6.45) is 10.8. The summed E-state index contributed by atoms with van der Waals surface area (Å²) in [5, 5.41) is 6.39. The lowest BCUT2D eigenvalue weighted by atomic mass is 9.62. The maximum atomic E-state index is 2.79. The zero-order valence-corrected chi connectivity index (χ0v) is 26.4. The Bertz CT molecular complexity index is 1400. The number of hydrogen-bond acceptors (Lipinski definition) is 4. The quantitative estimate of drug-likeness (QED) is 0.429. The topological polar surface area (TPSA) is 13.0 Å². The highest BCUT2D eigenvalue weighted by Gasteiger charge is 2.41. The van der Waals surface area contributed by atoms with E-state index in [1.54, 1.807) is 26.7 Å². The summed E-state index contributed by atoms with van der Waals surface area (Å²) in [4.78, 5) is 11.1. The molecule has 0 spiro atoms. The van der Waals surface area contributed by atoms with Gasteiger partial charge >= 0.3 is 14.0 Å². The van der Waals surface area contributed by atoms with E-state index in [9.17, 15) is 0 Å². The molecule has 5 aliphatic rings. The number of rotatable bonds is 6. The van der Waals surface area contributed by atoms with Gasteiger partial charge in [-0.15, -0.1) is 0 Å². The lowest BCUT2D eigenvalue weighted by molar-refractivity contribution is 0.436. The highest BCUT2D eigenvalue weighted by molar-refractivity contribution is 7.03. The smallest absolute Gasteiger partial charge is 0.324 e. The monoisotopic (exact) mass is 560 g/mol. The maximum Gasteiger partial charge on any atom is 0.346 e. The summed E-state index contributed by atoms with van der Waals surface area (Å²) >= 11 is 0. The summed E-state index contributed by atoms with van der Waals surface area (Å²) < 4.78 is 0. The van der Waals surface area contributed by atoms with Crippen molar-refractivity contribution in [1.29, 1.82) is 0 Å². The zero-order valence-electron chi connectivity index (χ0n) is 25.4. The fraction of sp³-hybridized carbons (Fsp3) is 0.529. The van der Waals surface area contributed by atoms with Gasteiger partial charge in [0.25, 0.3) is 0 Å². The van der Waals surface area contributed by atoms with Gasteiger partial charge in [-0.05, 0) is 147 Å². The van der Waals surface area contributed by atoms with Crippen LogP contribution in [-0.2, 0) is 0 Å². The summed E-state index contributed by atoms with van der Waals surface area (Å²) in [5.74, 6) is 0. The van der Waals surface area contributed by atoms with E-state index in [-0.39, 0.29) is 0 Å². The Morgan fingerprint density at radius 1 is 0.537 bits per heavy atom. The van der Waals surface area contributed by atoms with Crippen LogP contribution < -0.4 is 21.3 Å². The highest BCUT2D eigenvalue weighted by atomic mass is 28.3. The van der Waals surface area contributed by atoms with E-state index in [1.165, 1.54) is 120 Å². The van der Waals surface area contributed by atoms with Crippen molar-refractivity contribution in [3.8, 4) is 11.1 Å². The first-order valence-corrected chi connectivity index (χ1v) is 19.8. The van der Waals surface area contributed by atoms with Crippen LogP contribution in [0.5, 0.6) is 0 Å². The molecule has 0 bridgehead atoms. The Hall–Kier alpha value is -1.89. The second-order valence-corrected chi connectivity index (χ2v) is 18.4. The van der Waals surface area contributed by atoms with E-state index in [0.29, 0.717) is 14.0 Å². The lowest BCUT2D eigenvalue weighted by Gasteiger charge is -2.38. The van der Waals surface area contributed by atoms with Gasteiger partial charge in [0.1, 0.15) is 8.07 Å². The van der Waals surface area contributed by atoms with Crippen LogP contribution in [0, 0.1) is 0 Å². The molecular weight excluding hydrogens is 514 g/mol. The van der Waals surface area contributed by atoms with Crippen molar-refractivity contribution in [2.75, 3.05) is 52.4 Å². The molecule has 5 aliphatic heterocycles. The molecule has 0 aliphatic carbocycles. The van der Waals surface area contributed by atoms with Gasteiger partial charge in [-0.2, -0.15) is 0 Å². The van der Waals surface area contributed by atoms with Crippen LogP contribution in [0.15, 0.2) is 48.5 Å². The molecule has 0 aromatic heterocycles. The van der Waals surface area contributed by atoms with Crippen LogP contribution in [0.25, 0.3) is 21.9 Å². The molecule has 212 valence electrons. The molecule has 0 amide bonds. The van der Waals surface area contributed by atoms with Crippen molar-refractivity contribution in [1.82, 2.24) is 19.2 Å². The Kier molecular flexibility index (Phi) is 6.96. The number of benzene rings is 3. The fourth-order valence-corrected chi connectivity index (χ4v) is 12.4. The third-order valence-corrected chi connectivity index (χ3v) is 14.8. The van der Waals surface area contributed by atoms with E-state index in [2.05, 4.69) is 80.9 Å². The molecule has 3 aromatic rings. The van der Waals surface area contributed by atoms with Crippen molar-refractivity contribution in [3.05, 3.63) is 48.5 Å². The summed E-state index contributed by atoms with van der Waals surface area (Å²) in [6.45, 7) is 16.1. The zero-order chi connectivity index (χ0) is 27.6. The first-order chi connectivity index (χ1) is 20.1. The number of fused-ring (bicyclic) bond motifs is 2. The molecule has 0 unspecified atom stereocenters. The van der Waals surface area contributed by atoms with Crippen molar-refractivity contribution in [2.45, 2.75) is 64.5 Å². The highest BCUT2D eigenvalue weighted by Crippen LogP contribution is 2.34. The molecule has 5 heterocycles. The SMILES string of the molecule is C[Si]1(C)c2cc(B(N3CCCC3)N3CCCC3)ccc2-c2ccc(B(N3CCCC3)N3CCCC3)c3cccc1c23. The van der Waals surface area contributed by atoms with Crippen LogP contribution in [0.3, 0.4) is 0 Å². The number of hydrogen-bond donors (Lipinski definition) is 0. The largest absolute Gasteiger partial charge is 0.346 e. The van der Waals surface area contributed by atoms with Gasteiger partial charge in [0, 0.05) is 0 Å². The molecule has 4 saturated heterocycles. The average molecular weight is 560 g/mol. The molecule has 0 atom stereocenters. The Labute approximate surface area is 249 Å². The van der Waals surface area contributed by atoms with E-state index < -0.39 is 8.07 Å². The number of nitrogens with zero attached hydrogens (tertiary/aromatic N) is 4. The summed E-state index contributed by atoms with van der Waals surface area (Å²) in [7, 11) is -1.90. The van der Waals surface area contributed by atoms with Crippen molar-refractivity contribution < 1.29 is 0 Å². The minimum absolute atomic E-state index is 0.430. The maximum absolute atomic E-state index is 2.79. The van der Waals surface area contributed by atoms with E-state index in [0.717, 1.165) is 0 Å². The Balaban J connectivity index is 1.26. The summed E-state index contributed by atoms with van der Waals surface area (Å²) in [6, 6.07) is 20.1. The van der Waals surface area contributed by atoms with E-state index >= 15 is 0 Å². The second-order valence-electron chi connectivity index (χ2n) is 14.1. The van der Waals surface area contributed by atoms with Crippen LogP contribution >= 0.6 is 0 Å². The van der Waals surface area contributed by atoms with Crippen LogP contribution in [0.1, 0.15) is 51.4 Å². The average Bonchev–Trinajstić information content (AvgIpc) is 3.82.